The number of carbonyl (C=O) groups is 1. The van der Waals surface area contributed by atoms with E-state index in [1.165, 1.54) is 0 Å². The fourth-order valence-electron chi connectivity index (χ4n) is 1.84. The van der Waals surface area contributed by atoms with Gasteiger partial charge in [0, 0.05) is 38.6 Å². The first-order valence-electron chi connectivity index (χ1n) is 5.72. The van der Waals surface area contributed by atoms with Crippen molar-refractivity contribution in [3.8, 4) is 0 Å². The van der Waals surface area contributed by atoms with Crippen LogP contribution in [0.15, 0.2) is 0 Å². The van der Waals surface area contributed by atoms with Gasteiger partial charge in [-0.2, -0.15) is 0 Å². The van der Waals surface area contributed by atoms with Gasteiger partial charge >= 0.3 is 0 Å². The fraction of sp³-hybridized carbons (Fsp3) is 0.909. The van der Waals surface area contributed by atoms with Crippen molar-refractivity contribution in [2.24, 2.45) is 5.92 Å². The molecular weight excluding hydrogens is 195 g/mol. The highest BCUT2D eigenvalue weighted by Crippen LogP contribution is 2.07. The maximum atomic E-state index is 12.0. The zero-order valence-corrected chi connectivity index (χ0v) is 9.71. The standard InChI is InChI=1S/C11H21FN2O/c1-10(2)11(15)14-8-6-13(7-9-14)5-3-4-12/h10H,3-9H2,1-2H3. The molecule has 1 aliphatic heterocycles. The summed E-state index contributed by atoms with van der Waals surface area (Å²) in [5.41, 5.74) is 0. The van der Waals surface area contributed by atoms with Crippen LogP contribution in [-0.2, 0) is 4.79 Å². The Morgan fingerprint density at radius 3 is 2.33 bits per heavy atom. The molecule has 4 heteroatoms. The Kier molecular flexibility index (Phi) is 5.02. The summed E-state index contributed by atoms with van der Waals surface area (Å²) in [6.07, 6.45) is 0.609. The molecule has 1 heterocycles. The van der Waals surface area contributed by atoms with Gasteiger partial charge in [-0.25, -0.2) is 0 Å². The summed E-state index contributed by atoms with van der Waals surface area (Å²) in [6, 6.07) is 0. The number of alkyl halides is 1. The van der Waals surface area contributed by atoms with E-state index in [2.05, 4.69) is 4.90 Å². The van der Waals surface area contributed by atoms with Gasteiger partial charge in [0.25, 0.3) is 0 Å². The van der Waals surface area contributed by atoms with Crippen LogP contribution in [0.5, 0.6) is 0 Å². The Balaban J connectivity index is 2.26. The van der Waals surface area contributed by atoms with Gasteiger partial charge in [-0.05, 0) is 6.42 Å². The lowest BCUT2D eigenvalue weighted by Gasteiger charge is -2.35. The van der Waals surface area contributed by atoms with Gasteiger partial charge in [0.05, 0.1) is 6.67 Å². The number of hydrogen-bond donors (Lipinski definition) is 0. The minimum absolute atomic E-state index is 0.0855. The number of rotatable bonds is 4. The van der Waals surface area contributed by atoms with Crippen LogP contribution in [0.1, 0.15) is 20.3 Å². The lowest BCUT2D eigenvalue weighted by molar-refractivity contribution is -0.136. The van der Waals surface area contributed by atoms with Crippen molar-refractivity contribution in [2.75, 3.05) is 39.4 Å². The number of carbonyl (C=O) groups excluding carboxylic acids is 1. The molecule has 0 saturated carbocycles. The first-order chi connectivity index (χ1) is 7.15. The van der Waals surface area contributed by atoms with E-state index in [1.807, 2.05) is 18.7 Å². The Bertz CT molecular complexity index is 201. The third-order valence-electron chi connectivity index (χ3n) is 2.79. The SMILES string of the molecule is CC(C)C(=O)N1CCN(CCCF)CC1. The van der Waals surface area contributed by atoms with E-state index >= 15 is 0 Å². The lowest BCUT2D eigenvalue weighted by atomic mass is 10.1. The van der Waals surface area contributed by atoms with Crippen molar-refractivity contribution in [1.82, 2.24) is 9.80 Å². The zero-order valence-electron chi connectivity index (χ0n) is 9.71. The number of nitrogens with zero attached hydrogens (tertiary/aromatic N) is 2. The number of hydrogen-bond acceptors (Lipinski definition) is 2. The van der Waals surface area contributed by atoms with E-state index in [0.717, 1.165) is 32.7 Å². The van der Waals surface area contributed by atoms with Crippen LogP contribution in [0.4, 0.5) is 4.39 Å². The van der Waals surface area contributed by atoms with E-state index in [1.54, 1.807) is 0 Å². The Labute approximate surface area is 91.2 Å². The summed E-state index contributed by atoms with van der Waals surface area (Å²) in [5.74, 6) is 0.322. The van der Waals surface area contributed by atoms with Crippen LogP contribution in [0.2, 0.25) is 0 Å². The van der Waals surface area contributed by atoms with Gasteiger partial charge in [0.2, 0.25) is 5.91 Å². The van der Waals surface area contributed by atoms with Crippen LogP contribution in [0, 0.1) is 5.92 Å². The van der Waals surface area contributed by atoms with Crippen molar-refractivity contribution in [1.29, 1.82) is 0 Å². The predicted molar refractivity (Wildman–Crippen MR) is 58.5 cm³/mol. The molecule has 15 heavy (non-hydrogen) atoms. The summed E-state index contributed by atoms with van der Waals surface area (Å²) in [4.78, 5) is 15.8. The first-order valence-corrected chi connectivity index (χ1v) is 5.72. The maximum absolute atomic E-state index is 12.0. The molecule has 0 aromatic rings. The van der Waals surface area contributed by atoms with E-state index in [-0.39, 0.29) is 18.5 Å². The average Bonchev–Trinajstić information content (AvgIpc) is 2.26. The minimum atomic E-state index is -0.245. The molecule has 0 aliphatic carbocycles. The van der Waals surface area contributed by atoms with E-state index < -0.39 is 0 Å². The highest BCUT2D eigenvalue weighted by Gasteiger charge is 2.22. The summed E-state index contributed by atoms with van der Waals surface area (Å²) >= 11 is 0. The molecule has 1 aliphatic rings. The molecule has 1 rings (SSSR count). The van der Waals surface area contributed by atoms with Crippen LogP contribution in [0.3, 0.4) is 0 Å². The second-order valence-electron chi connectivity index (χ2n) is 4.36. The molecule has 0 atom stereocenters. The molecule has 88 valence electrons. The van der Waals surface area contributed by atoms with E-state index in [4.69, 9.17) is 0 Å². The molecule has 1 saturated heterocycles. The van der Waals surface area contributed by atoms with E-state index in [9.17, 15) is 9.18 Å². The lowest BCUT2D eigenvalue weighted by Crippen LogP contribution is -2.49. The third kappa shape index (κ3) is 3.78. The molecule has 0 unspecified atom stereocenters. The summed E-state index contributed by atoms with van der Waals surface area (Å²) in [5, 5.41) is 0. The van der Waals surface area contributed by atoms with Crippen LogP contribution >= 0.6 is 0 Å². The Hall–Kier alpha value is -0.640. The van der Waals surface area contributed by atoms with Crippen molar-refractivity contribution < 1.29 is 9.18 Å². The van der Waals surface area contributed by atoms with Crippen LogP contribution in [0.25, 0.3) is 0 Å². The summed E-state index contributed by atoms with van der Waals surface area (Å²) in [6.45, 7) is 7.80. The van der Waals surface area contributed by atoms with Gasteiger partial charge < -0.3 is 4.90 Å². The Morgan fingerprint density at radius 2 is 1.87 bits per heavy atom. The topological polar surface area (TPSA) is 23.6 Å². The van der Waals surface area contributed by atoms with Gasteiger partial charge in [-0.3, -0.25) is 14.1 Å². The molecule has 0 radical (unpaired) electrons. The van der Waals surface area contributed by atoms with Crippen molar-refractivity contribution in [2.45, 2.75) is 20.3 Å². The van der Waals surface area contributed by atoms with Gasteiger partial charge in [-0.1, -0.05) is 13.8 Å². The molecular formula is C11H21FN2O. The monoisotopic (exact) mass is 216 g/mol. The number of halogens is 1. The molecule has 1 amide bonds. The molecule has 0 bridgehead atoms. The highest BCUT2D eigenvalue weighted by atomic mass is 19.1. The Morgan fingerprint density at radius 1 is 1.27 bits per heavy atom. The molecule has 1 fully saturated rings. The van der Waals surface area contributed by atoms with Crippen molar-refractivity contribution in [3.63, 3.8) is 0 Å². The fourth-order valence-corrected chi connectivity index (χ4v) is 1.84. The predicted octanol–water partition coefficient (Wildman–Crippen LogP) is 1.15. The summed E-state index contributed by atoms with van der Waals surface area (Å²) < 4.78 is 12.0. The zero-order chi connectivity index (χ0) is 11.3. The number of amides is 1. The first kappa shape index (κ1) is 12.4. The van der Waals surface area contributed by atoms with Gasteiger partial charge in [0.15, 0.2) is 0 Å². The molecule has 3 nitrogen and oxygen atoms in total. The van der Waals surface area contributed by atoms with Crippen LogP contribution in [-0.4, -0.2) is 55.1 Å². The largest absolute Gasteiger partial charge is 0.340 e. The van der Waals surface area contributed by atoms with Crippen LogP contribution < -0.4 is 0 Å². The molecule has 0 N–H and O–H groups in total. The second kappa shape index (κ2) is 6.05. The van der Waals surface area contributed by atoms with Gasteiger partial charge in [-0.15, -0.1) is 0 Å². The highest BCUT2D eigenvalue weighted by molar-refractivity contribution is 5.78. The summed E-state index contributed by atoms with van der Waals surface area (Å²) in [7, 11) is 0. The molecule has 0 aromatic carbocycles. The molecule has 0 spiro atoms. The smallest absolute Gasteiger partial charge is 0.225 e. The van der Waals surface area contributed by atoms with Gasteiger partial charge in [0.1, 0.15) is 0 Å². The third-order valence-corrected chi connectivity index (χ3v) is 2.79. The normalized spacial score (nSPS) is 18.5. The van der Waals surface area contributed by atoms with Crippen molar-refractivity contribution in [3.05, 3.63) is 0 Å². The molecule has 0 aromatic heterocycles. The number of piperazine rings is 1. The maximum Gasteiger partial charge on any atom is 0.225 e. The minimum Gasteiger partial charge on any atom is -0.340 e. The quantitative estimate of drug-likeness (QED) is 0.703. The van der Waals surface area contributed by atoms with Crippen molar-refractivity contribution >= 4 is 5.91 Å². The average molecular weight is 216 g/mol. The second-order valence-corrected chi connectivity index (χ2v) is 4.36. The van der Waals surface area contributed by atoms with E-state index in [0.29, 0.717) is 6.42 Å².